The Kier molecular flexibility index (Phi) is 11.3. The van der Waals surface area contributed by atoms with E-state index in [1.165, 1.54) is 0 Å². The summed E-state index contributed by atoms with van der Waals surface area (Å²) in [5, 5.41) is 3.35. The van der Waals surface area contributed by atoms with Gasteiger partial charge >= 0.3 is 0 Å². The zero-order valence-electron chi connectivity index (χ0n) is 14.5. The van der Waals surface area contributed by atoms with Crippen molar-refractivity contribution < 1.29 is 9.47 Å². The number of nitrogens with one attached hydrogen (secondary N) is 1. The normalized spacial score (nSPS) is 10.5. The number of allylic oxidation sites excluding steroid dienone is 1. The van der Waals surface area contributed by atoms with Crippen molar-refractivity contribution in [2.75, 3.05) is 34.9 Å². The minimum atomic E-state index is 0. The van der Waals surface area contributed by atoms with E-state index in [1.54, 1.807) is 21.3 Å². The Morgan fingerprint density at radius 3 is 2.65 bits per heavy atom. The second kappa shape index (κ2) is 12.0. The highest BCUT2D eigenvalue weighted by Crippen LogP contribution is 2.30. The molecular weight excluding hydrogens is 405 g/mol. The molecule has 0 saturated heterocycles. The molecule has 0 aromatic heterocycles. The number of guanidine groups is 1. The Morgan fingerprint density at radius 1 is 1.35 bits per heavy atom. The summed E-state index contributed by atoms with van der Waals surface area (Å²) in [6.07, 6.45) is 4.00. The summed E-state index contributed by atoms with van der Waals surface area (Å²) < 4.78 is 10.8. The van der Waals surface area contributed by atoms with Crippen LogP contribution in [0.4, 0.5) is 0 Å². The van der Waals surface area contributed by atoms with E-state index in [1.807, 2.05) is 31.3 Å². The van der Waals surface area contributed by atoms with Gasteiger partial charge in [-0.3, -0.25) is 4.99 Å². The molecule has 0 aliphatic rings. The molecule has 0 radical (unpaired) electrons. The van der Waals surface area contributed by atoms with Crippen molar-refractivity contribution in [1.29, 1.82) is 0 Å². The first-order valence-corrected chi connectivity index (χ1v) is 7.40. The Balaban J connectivity index is 0.00000484. The van der Waals surface area contributed by atoms with Crippen molar-refractivity contribution in [3.8, 4) is 11.5 Å². The number of rotatable bonds is 8. The molecule has 0 spiro atoms. The number of methoxy groups -OCH3 is 2. The third-order valence-corrected chi connectivity index (χ3v) is 3.40. The Bertz CT molecular complexity index is 507. The predicted molar refractivity (Wildman–Crippen MR) is 107 cm³/mol. The van der Waals surface area contributed by atoms with Gasteiger partial charge in [0.05, 0.1) is 14.2 Å². The third-order valence-electron chi connectivity index (χ3n) is 3.40. The molecule has 0 bridgehead atoms. The smallest absolute Gasteiger partial charge is 0.193 e. The van der Waals surface area contributed by atoms with E-state index in [2.05, 4.69) is 21.8 Å². The highest BCUT2D eigenvalue weighted by molar-refractivity contribution is 14.0. The molecule has 0 fully saturated rings. The van der Waals surface area contributed by atoms with Crippen LogP contribution in [0.3, 0.4) is 0 Å². The van der Waals surface area contributed by atoms with Crippen molar-refractivity contribution in [3.05, 3.63) is 36.4 Å². The predicted octanol–water partition coefficient (Wildman–Crippen LogP) is 3.30. The average Bonchev–Trinajstić information content (AvgIpc) is 2.55. The summed E-state index contributed by atoms with van der Waals surface area (Å²) in [6.45, 7) is 5.30. The first-order valence-electron chi connectivity index (χ1n) is 7.40. The van der Waals surface area contributed by atoms with Crippen LogP contribution >= 0.6 is 24.0 Å². The second-order valence-corrected chi connectivity index (χ2v) is 4.91. The lowest BCUT2D eigenvalue weighted by molar-refractivity contribution is 0.351. The van der Waals surface area contributed by atoms with Gasteiger partial charge in [0.1, 0.15) is 0 Å². The minimum Gasteiger partial charge on any atom is -0.493 e. The number of hydrogen-bond acceptors (Lipinski definition) is 3. The van der Waals surface area contributed by atoms with Crippen LogP contribution in [0.5, 0.6) is 11.5 Å². The first kappa shape index (κ1) is 21.6. The summed E-state index contributed by atoms with van der Waals surface area (Å²) in [6, 6.07) is 5.85. The van der Waals surface area contributed by atoms with Crippen molar-refractivity contribution >= 4 is 29.9 Å². The first-order chi connectivity index (χ1) is 10.7. The molecule has 0 saturated carbocycles. The number of unbranched alkanes of at least 4 members (excludes halogenated alkanes) is 1. The lowest BCUT2D eigenvalue weighted by atomic mass is 10.2. The van der Waals surface area contributed by atoms with Gasteiger partial charge in [-0.05, 0) is 18.9 Å². The van der Waals surface area contributed by atoms with Gasteiger partial charge in [0.2, 0.25) is 0 Å². The number of para-hydroxylation sites is 1. The SMILES string of the molecule is C=CCCCN(C)C(=NC)NCc1cccc(OC)c1OC.I. The number of benzene rings is 1. The summed E-state index contributed by atoms with van der Waals surface area (Å²) in [5.74, 6) is 2.34. The molecule has 1 aromatic rings. The van der Waals surface area contributed by atoms with E-state index in [-0.39, 0.29) is 24.0 Å². The molecule has 1 aromatic carbocycles. The fraction of sp³-hybridized carbons (Fsp3) is 0.471. The van der Waals surface area contributed by atoms with Gasteiger partial charge in [-0.2, -0.15) is 0 Å². The van der Waals surface area contributed by atoms with E-state index in [0.717, 1.165) is 42.4 Å². The highest BCUT2D eigenvalue weighted by Gasteiger charge is 2.11. The zero-order chi connectivity index (χ0) is 16.4. The van der Waals surface area contributed by atoms with Gasteiger partial charge in [-0.25, -0.2) is 0 Å². The summed E-state index contributed by atoms with van der Waals surface area (Å²) >= 11 is 0. The number of hydrogen-bond donors (Lipinski definition) is 1. The molecule has 1 rings (SSSR count). The molecule has 0 aliphatic carbocycles. The molecular formula is C17H28IN3O2. The summed E-state index contributed by atoms with van der Waals surface area (Å²) in [5.41, 5.74) is 1.03. The van der Waals surface area contributed by atoms with Crippen LogP contribution in [-0.2, 0) is 6.54 Å². The van der Waals surface area contributed by atoms with E-state index >= 15 is 0 Å². The van der Waals surface area contributed by atoms with Crippen molar-refractivity contribution in [2.24, 2.45) is 4.99 Å². The van der Waals surface area contributed by atoms with Crippen LogP contribution in [0, 0.1) is 0 Å². The molecule has 0 aliphatic heterocycles. The lowest BCUT2D eigenvalue weighted by Gasteiger charge is -2.22. The topological polar surface area (TPSA) is 46.1 Å². The van der Waals surface area contributed by atoms with E-state index in [0.29, 0.717) is 6.54 Å². The van der Waals surface area contributed by atoms with Gasteiger partial charge in [0, 0.05) is 32.7 Å². The Labute approximate surface area is 156 Å². The molecule has 6 heteroatoms. The third kappa shape index (κ3) is 6.68. The monoisotopic (exact) mass is 433 g/mol. The molecule has 0 unspecified atom stereocenters. The summed E-state index contributed by atoms with van der Waals surface area (Å²) in [7, 11) is 7.11. The van der Waals surface area contributed by atoms with Crippen molar-refractivity contribution in [2.45, 2.75) is 19.4 Å². The Hall–Kier alpha value is -1.44. The lowest BCUT2D eigenvalue weighted by Crippen LogP contribution is -2.39. The summed E-state index contributed by atoms with van der Waals surface area (Å²) in [4.78, 5) is 6.42. The van der Waals surface area contributed by atoms with Gasteiger partial charge in [0.25, 0.3) is 0 Å². The van der Waals surface area contributed by atoms with E-state index in [9.17, 15) is 0 Å². The maximum Gasteiger partial charge on any atom is 0.193 e. The highest BCUT2D eigenvalue weighted by atomic mass is 127. The number of nitrogens with zero attached hydrogens (tertiary/aromatic N) is 2. The molecule has 0 heterocycles. The van der Waals surface area contributed by atoms with Crippen LogP contribution in [0.1, 0.15) is 18.4 Å². The molecule has 130 valence electrons. The van der Waals surface area contributed by atoms with Gasteiger partial charge in [-0.1, -0.05) is 18.2 Å². The van der Waals surface area contributed by atoms with Crippen LogP contribution < -0.4 is 14.8 Å². The molecule has 5 nitrogen and oxygen atoms in total. The average molecular weight is 433 g/mol. The molecule has 0 amide bonds. The molecule has 1 N–H and O–H groups in total. The fourth-order valence-corrected chi connectivity index (χ4v) is 2.23. The molecule has 23 heavy (non-hydrogen) atoms. The van der Waals surface area contributed by atoms with Crippen molar-refractivity contribution in [1.82, 2.24) is 10.2 Å². The van der Waals surface area contributed by atoms with Crippen LogP contribution in [0.2, 0.25) is 0 Å². The second-order valence-electron chi connectivity index (χ2n) is 4.91. The van der Waals surface area contributed by atoms with Gasteiger partial charge < -0.3 is 19.7 Å². The largest absolute Gasteiger partial charge is 0.493 e. The fourth-order valence-electron chi connectivity index (χ4n) is 2.23. The van der Waals surface area contributed by atoms with Crippen LogP contribution in [0.15, 0.2) is 35.8 Å². The number of halogens is 1. The zero-order valence-corrected chi connectivity index (χ0v) is 16.8. The minimum absolute atomic E-state index is 0. The molecule has 0 atom stereocenters. The quantitative estimate of drug-likeness (QED) is 0.225. The standard InChI is InChI=1S/C17H27N3O2.HI/c1-6-7-8-12-20(3)17(18-2)19-13-14-10-9-11-15(21-4)16(14)22-5;/h6,9-11H,1,7-8,12-13H2,2-5H3,(H,18,19);1H. The maximum atomic E-state index is 5.44. The van der Waals surface area contributed by atoms with Crippen LogP contribution in [0.25, 0.3) is 0 Å². The van der Waals surface area contributed by atoms with E-state index < -0.39 is 0 Å². The van der Waals surface area contributed by atoms with Gasteiger partial charge in [0.15, 0.2) is 17.5 Å². The van der Waals surface area contributed by atoms with Crippen molar-refractivity contribution in [3.63, 3.8) is 0 Å². The number of ether oxygens (including phenoxy) is 2. The maximum absolute atomic E-state index is 5.44. The van der Waals surface area contributed by atoms with Gasteiger partial charge in [-0.15, -0.1) is 30.6 Å². The number of aliphatic imine (C=N–C) groups is 1. The van der Waals surface area contributed by atoms with Crippen LogP contribution in [-0.4, -0.2) is 45.7 Å². The van der Waals surface area contributed by atoms with E-state index in [4.69, 9.17) is 9.47 Å². The Morgan fingerprint density at radius 2 is 2.09 bits per heavy atom.